The first-order chi connectivity index (χ1) is 28.2. The Morgan fingerprint density at radius 3 is 1.27 bits per heavy atom. The summed E-state index contributed by atoms with van der Waals surface area (Å²) in [6.45, 7) is 18.7. The maximum atomic E-state index is 12.1. The van der Waals surface area contributed by atoms with Crippen LogP contribution in [-0.2, 0) is 28.6 Å². The molecule has 328 valence electrons. The normalized spacial score (nSPS) is 15.6. The van der Waals surface area contributed by atoms with E-state index < -0.39 is 5.41 Å². The molecule has 0 spiro atoms. The molecule has 0 saturated heterocycles. The van der Waals surface area contributed by atoms with Gasteiger partial charge in [-0.2, -0.15) is 0 Å². The number of allylic oxidation sites excluding steroid dienone is 2. The van der Waals surface area contributed by atoms with Crippen molar-refractivity contribution in [2.45, 2.75) is 157 Å². The lowest BCUT2D eigenvalue weighted by Gasteiger charge is -2.30. The van der Waals surface area contributed by atoms with Crippen molar-refractivity contribution in [2.75, 3.05) is 21.3 Å². The first-order valence-corrected chi connectivity index (χ1v) is 22.2. The molecule has 3 aromatic rings. The van der Waals surface area contributed by atoms with Crippen LogP contribution >= 0.6 is 0 Å². The molecular formula is C53H80O6. The molecule has 3 aromatic carbocycles. The van der Waals surface area contributed by atoms with E-state index in [9.17, 15) is 14.4 Å². The second-order valence-corrected chi connectivity index (χ2v) is 17.0. The highest BCUT2D eigenvalue weighted by Crippen LogP contribution is 2.40. The van der Waals surface area contributed by atoms with Crippen molar-refractivity contribution in [3.63, 3.8) is 0 Å². The fraction of sp³-hybridized carbons (Fsp3) is 0.566. The van der Waals surface area contributed by atoms with Crippen LogP contribution in [0.25, 0.3) is 0 Å². The number of unbranched alkanes of at least 4 members (excludes halogenated alkanes) is 2. The smallest absolute Gasteiger partial charge is 0.311 e. The Balaban J connectivity index is 0.000000445. The van der Waals surface area contributed by atoms with E-state index >= 15 is 0 Å². The van der Waals surface area contributed by atoms with Gasteiger partial charge in [-0.3, -0.25) is 14.4 Å². The number of esters is 3. The highest BCUT2D eigenvalue weighted by molar-refractivity contribution is 5.77. The molecule has 59 heavy (non-hydrogen) atoms. The van der Waals surface area contributed by atoms with Crippen LogP contribution in [-0.4, -0.2) is 39.2 Å². The molecule has 6 unspecified atom stereocenters. The average molecular weight is 813 g/mol. The van der Waals surface area contributed by atoms with Crippen molar-refractivity contribution >= 4 is 17.9 Å². The first-order valence-electron chi connectivity index (χ1n) is 22.2. The van der Waals surface area contributed by atoms with Gasteiger partial charge in [0.1, 0.15) is 0 Å². The maximum absolute atomic E-state index is 12.1. The van der Waals surface area contributed by atoms with Crippen molar-refractivity contribution in [1.82, 2.24) is 0 Å². The molecule has 0 aliphatic carbocycles. The maximum Gasteiger partial charge on any atom is 0.311 e. The van der Waals surface area contributed by atoms with Gasteiger partial charge >= 0.3 is 17.9 Å². The largest absolute Gasteiger partial charge is 0.469 e. The van der Waals surface area contributed by atoms with Crippen LogP contribution in [0, 0.1) is 16.2 Å². The SMILES string of the molecule is CC/C=C\CC(CC(C)(CC)C(=O)OC)c1ccccc1.CCC(C)(CC(C)c1ccccc1)C(=O)OC.CCCCCC(CC(C)(CC)C(=O)OC)c1ccccc1. The second-order valence-electron chi connectivity index (χ2n) is 17.0. The molecule has 0 saturated carbocycles. The van der Waals surface area contributed by atoms with Crippen LogP contribution < -0.4 is 0 Å². The summed E-state index contributed by atoms with van der Waals surface area (Å²) in [4.78, 5) is 36.1. The number of ether oxygens (including phenoxy) is 3. The van der Waals surface area contributed by atoms with Gasteiger partial charge < -0.3 is 14.2 Å². The van der Waals surface area contributed by atoms with Crippen LogP contribution in [0.15, 0.2) is 103 Å². The van der Waals surface area contributed by atoms with Crippen LogP contribution in [0.3, 0.4) is 0 Å². The summed E-state index contributed by atoms with van der Waals surface area (Å²) < 4.78 is 14.9. The van der Waals surface area contributed by atoms with Crippen molar-refractivity contribution < 1.29 is 28.6 Å². The molecule has 0 aromatic heterocycles. The number of rotatable bonds is 22. The van der Waals surface area contributed by atoms with Gasteiger partial charge in [-0.1, -0.05) is 164 Å². The van der Waals surface area contributed by atoms with Crippen molar-refractivity contribution in [3.05, 3.63) is 120 Å². The van der Waals surface area contributed by atoms with E-state index in [0.717, 1.165) is 57.8 Å². The summed E-state index contributed by atoms with van der Waals surface area (Å²) in [5.74, 6) is 0.842. The van der Waals surface area contributed by atoms with Gasteiger partial charge in [-0.15, -0.1) is 0 Å². The third kappa shape index (κ3) is 17.9. The van der Waals surface area contributed by atoms with Crippen molar-refractivity contribution in [2.24, 2.45) is 16.2 Å². The van der Waals surface area contributed by atoms with Crippen molar-refractivity contribution in [1.29, 1.82) is 0 Å². The molecule has 0 amide bonds. The van der Waals surface area contributed by atoms with E-state index in [-0.39, 0.29) is 28.7 Å². The lowest BCUT2D eigenvalue weighted by Crippen LogP contribution is -2.30. The molecule has 6 atom stereocenters. The molecule has 6 nitrogen and oxygen atoms in total. The number of benzene rings is 3. The number of hydrogen-bond donors (Lipinski definition) is 0. The average Bonchev–Trinajstić information content (AvgIpc) is 3.28. The summed E-state index contributed by atoms with van der Waals surface area (Å²) >= 11 is 0. The summed E-state index contributed by atoms with van der Waals surface area (Å²) in [7, 11) is 4.43. The third-order valence-corrected chi connectivity index (χ3v) is 12.4. The zero-order valence-electron chi connectivity index (χ0n) is 39.0. The van der Waals surface area contributed by atoms with Crippen LogP contribution in [0.5, 0.6) is 0 Å². The Labute approximate surface area is 359 Å². The Morgan fingerprint density at radius 2 is 0.898 bits per heavy atom. The Kier molecular flexibility index (Phi) is 25.3. The number of carbonyl (C=O) groups is 3. The van der Waals surface area contributed by atoms with Gasteiger partial charge in [0.25, 0.3) is 0 Å². The first kappa shape index (κ1) is 52.8. The minimum absolute atomic E-state index is 0.0820. The highest BCUT2D eigenvalue weighted by Gasteiger charge is 2.37. The van der Waals surface area contributed by atoms with E-state index in [1.54, 1.807) is 0 Å². The molecular weight excluding hydrogens is 733 g/mol. The minimum Gasteiger partial charge on any atom is -0.469 e. The topological polar surface area (TPSA) is 78.9 Å². The highest BCUT2D eigenvalue weighted by atomic mass is 16.5. The molecule has 0 heterocycles. The Hall–Kier alpha value is -4.19. The standard InChI is InChI=1S/C19H30O2.C19H28O2.C15H22O2/c2*1-5-7-9-14-17(16-12-10-8-11-13-16)15-19(3,6-2)18(20)21-4;1-5-15(3,14(16)17-4)11-12(2)13-9-7-6-8-10-13/h8,10-13,17H,5-7,9,14-15H2,1-4H3;7-13,17H,5-6,14-15H2,1-4H3;6-10,12H,5,11H2,1-4H3/b;9-7-;. The zero-order chi connectivity index (χ0) is 44.3. The van der Waals surface area contributed by atoms with E-state index in [0.29, 0.717) is 17.8 Å². The lowest BCUT2D eigenvalue weighted by atomic mass is 9.75. The minimum atomic E-state index is -0.421. The van der Waals surface area contributed by atoms with Crippen LogP contribution in [0.4, 0.5) is 0 Å². The fourth-order valence-corrected chi connectivity index (χ4v) is 7.76. The monoisotopic (exact) mass is 813 g/mol. The molecule has 0 bridgehead atoms. The second kappa shape index (κ2) is 28.3. The van der Waals surface area contributed by atoms with Gasteiger partial charge in [-0.25, -0.2) is 0 Å². The van der Waals surface area contributed by atoms with E-state index in [2.05, 4.69) is 107 Å². The van der Waals surface area contributed by atoms with Gasteiger partial charge in [0.15, 0.2) is 0 Å². The predicted molar refractivity (Wildman–Crippen MR) is 247 cm³/mol. The summed E-state index contributed by atoms with van der Waals surface area (Å²) in [5.41, 5.74) is 2.72. The third-order valence-electron chi connectivity index (χ3n) is 12.4. The molecule has 0 aliphatic rings. The van der Waals surface area contributed by atoms with Gasteiger partial charge in [0.05, 0.1) is 37.6 Å². The van der Waals surface area contributed by atoms with Gasteiger partial charge in [0.2, 0.25) is 0 Å². The van der Waals surface area contributed by atoms with E-state index in [4.69, 9.17) is 14.2 Å². The number of carbonyl (C=O) groups excluding carboxylic acids is 3. The molecule has 0 aliphatic heterocycles. The van der Waals surface area contributed by atoms with E-state index in [1.165, 1.54) is 57.3 Å². The van der Waals surface area contributed by atoms with E-state index in [1.807, 2.05) is 58.0 Å². The summed E-state index contributed by atoms with van der Waals surface area (Å²) in [6, 6.07) is 31.3. The molecule has 6 heteroatoms. The number of hydrogen-bond acceptors (Lipinski definition) is 6. The molecule has 3 rings (SSSR count). The Bertz CT molecular complexity index is 1600. The Morgan fingerprint density at radius 1 is 0.525 bits per heavy atom. The summed E-state index contributed by atoms with van der Waals surface area (Å²) in [6.07, 6.45) is 16.2. The zero-order valence-corrected chi connectivity index (χ0v) is 39.0. The molecule has 0 radical (unpaired) electrons. The lowest BCUT2D eigenvalue weighted by molar-refractivity contribution is -0.153. The molecule has 0 fully saturated rings. The number of methoxy groups -OCH3 is 3. The van der Waals surface area contributed by atoms with Gasteiger partial charge in [-0.05, 0) is 113 Å². The quantitative estimate of drug-likeness (QED) is 0.0435. The van der Waals surface area contributed by atoms with Gasteiger partial charge in [0, 0.05) is 0 Å². The fourth-order valence-electron chi connectivity index (χ4n) is 7.76. The van der Waals surface area contributed by atoms with Crippen LogP contribution in [0.1, 0.15) is 174 Å². The van der Waals surface area contributed by atoms with Crippen molar-refractivity contribution in [3.8, 4) is 0 Å². The molecule has 0 N–H and O–H groups in total. The summed E-state index contributed by atoms with van der Waals surface area (Å²) in [5, 5.41) is 0. The predicted octanol–water partition coefficient (Wildman–Crippen LogP) is 14.2. The van der Waals surface area contributed by atoms with Crippen LogP contribution in [0.2, 0.25) is 0 Å².